The number of amides is 1. The Labute approximate surface area is 161 Å². The number of anilines is 1. The number of hydrogen-bond donors (Lipinski definition) is 2. The molecule has 0 aliphatic rings. The average molecular weight is 370 g/mol. The molecule has 1 amide bonds. The second-order valence-electron chi connectivity index (χ2n) is 6.33. The third kappa shape index (κ3) is 3.78. The Bertz CT molecular complexity index is 1180. The van der Waals surface area contributed by atoms with Gasteiger partial charge in [0.2, 0.25) is 5.43 Å². The number of fused-ring (bicyclic) bond motifs is 1. The molecule has 4 aromatic rings. The van der Waals surface area contributed by atoms with Gasteiger partial charge in [0.25, 0.3) is 5.91 Å². The smallest absolute Gasteiger partial charge is 0.261 e. The lowest BCUT2D eigenvalue weighted by atomic mass is 10.1. The van der Waals surface area contributed by atoms with Crippen LogP contribution in [0.15, 0.2) is 89.9 Å². The van der Waals surface area contributed by atoms with Gasteiger partial charge in [-0.25, -0.2) is 0 Å². The number of aromatic amines is 1. The van der Waals surface area contributed by atoms with E-state index in [1.54, 1.807) is 36.4 Å². The number of hydrogen-bond acceptors (Lipinski definition) is 3. The molecule has 1 heterocycles. The molecule has 0 spiro atoms. The second kappa shape index (κ2) is 7.80. The summed E-state index contributed by atoms with van der Waals surface area (Å²) in [7, 11) is 0. The fourth-order valence-corrected chi connectivity index (χ4v) is 2.94. The van der Waals surface area contributed by atoms with Crippen LogP contribution in [0.5, 0.6) is 5.75 Å². The number of ether oxygens (including phenoxy) is 1. The Morgan fingerprint density at radius 3 is 2.57 bits per heavy atom. The molecule has 28 heavy (non-hydrogen) atoms. The van der Waals surface area contributed by atoms with E-state index < -0.39 is 5.91 Å². The van der Waals surface area contributed by atoms with E-state index in [0.717, 1.165) is 5.56 Å². The number of benzene rings is 3. The van der Waals surface area contributed by atoms with E-state index in [2.05, 4.69) is 10.3 Å². The van der Waals surface area contributed by atoms with E-state index in [1.165, 1.54) is 6.20 Å². The number of carbonyl (C=O) groups is 1. The minimum atomic E-state index is -0.466. The predicted octanol–water partition coefficient (Wildman–Crippen LogP) is 4.36. The highest BCUT2D eigenvalue weighted by Crippen LogP contribution is 2.19. The van der Waals surface area contributed by atoms with Crippen molar-refractivity contribution in [2.75, 3.05) is 5.32 Å². The Kier molecular flexibility index (Phi) is 4.89. The van der Waals surface area contributed by atoms with Crippen LogP contribution in [0.25, 0.3) is 10.9 Å². The van der Waals surface area contributed by atoms with Crippen LogP contribution in [0, 0.1) is 0 Å². The van der Waals surface area contributed by atoms with Crippen LogP contribution in [0.2, 0.25) is 0 Å². The van der Waals surface area contributed by atoms with Crippen molar-refractivity contribution >= 4 is 22.5 Å². The van der Waals surface area contributed by atoms with Crippen LogP contribution in [0.1, 0.15) is 15.9 Å². The van der Waals surface area contributed by atoms with E-state index in [1.807, 2.05) is 42.5 Å². The molecule has 0 aliphatic carbocycles. The fraction of sp³-hybridized carbons (Fsp3) is 0.0435. The highest BCUT2D eigenvalue weighted by atomic mass is 16.5. The first kappa shape index (κ1) is 17.5. The first-order valence-corrected chi connectivity index (χ1v) is 8.89. The van der Waals surface area contributed by atoms with Crippen LogP contribution < -0.4 is 15.5 Å². The Morgan fingerprint density at radius 1 is 0.929 bits per heavy atom. The van der Waals surface area contributed by atoms with Gasteiger partial charge < -0.3 is 15.0 Å². The van der Waals surface area contributed by atoms with Crippen molar-refractivity contribution in [3.8, 4) is 5.75 Å². The van der Waals surface area contributed by atoms with Gasteiger partial charge in [0.1, 0.15) is 17.9 Å². The molecule has 3 aromatic carbocycles. The van der Waals surface area contributed by atoms with Crippen molar-refractivity contribution in [2.45, 2.75) is 6.61 Å². The van der Waals surface area contributed by atoms with Gasteiger partial charge in [-0.2, -0.15) is 0 Å². The van der Waals surface area contributed by atoms with Crippen molar-refractivity contribution in [2.24, 2.45) is 0 Å². The summed E-state index contributed by atoms with van der Waals surface area (Å²) in [6.07, 6.45) is 1.44. The van der Waals surface area contributed by atoms with Gasteiger partial charge >= 0.3 is 0 Å². The van der Waals surface area contributed by atoms with Crippen LogP contribution in [0.3, 0.4) is 0 Å². The number of pyridine rings is 1. The second-order valence-corrected chi connectivity index (χ2v) is 6.33. The zero-order chi connectivity index (χ0) is 19.3. The van der Waals surface area contributed by atoms with E-state index >= 15 is 0 Å². The highest BCUT2D eigenvalue weighted by Gasteiger charge is 2.13. The van der Waals surface area contributed by atoms with Crippen molar-refractivity contribution in [1.82, 2.24) is 4.98 Å². The van der Waals surface area contributed by atoms with Gasteiger partial charge in [0, 0.05) is 28.9 Å². The summed E-state index contributed by atoms with van der Waals surface area (Å²) >= 11 is 0. The van der Waals surface area contributed by atoms with E-state index in [-0.39, 0.29) is 11.0 Å². The van der Waals surface area contributed by atoms with Crippen LogP contribution in [-0.2, 0) is 6.61 Å². The lowest BCUT2D eigenvalue weighted by Crippen LogP contribution is -2.21. The first-order valence-electron chi connectivity index (χ1n) is 8.89. The van der Waals surface area contributed by atoms with Gasteiger partial charge in [0.05, 0.1) is 0 Å². The Hall–Kier alpha value is -3.86. The summed E-state index contributed by atoms with van der Waals surface area (Å²) in [6.45, 7) is 0.433. The maximum absolute atomic E-state index is 12.6. The number of para-hydroxylation sites is 1. The van der Waals surface area contributed by atoms with Crippen molar-refractivity contribution in [3.05, 3.63) is 106 Å². The maximum Gasteiger partial charge on any atom is 0.261 e. The zero-order valence-electron chi connectivity index (χ0n) is 15.0. The monoisotopic (exact) mass is 370 g/mol. The minimum Gasteiger partial charge on any atom is -0.489 e. The molecular weight excluding hydrogens is 352 g/mol. The van der Waals surface area contributed by atoms with Crippen molar-refractivity contribution in [1.29, 1.82) is 0 Å². The summed E-state index contributed by atoms with van der Waals surface area (Å²) in [5.74, 6) is 0.168. The number of nitrogens with one attached hydrogen (secondary N) is 2. The van der Waals surface area contributed by atoms with Gasteiger partial charge in [-0.3, -0.25) is 9.59 Å². The largest absolute Gasteiger partial charge is 0.489 e. The SMILES string of the molecule is O=C(Nc1cccc(OCc2ccccc2)c1)c1c[nH]c2ccccc2c1=O. The predicted molar refractivity (Wildman–Crippen MR) is 110 cm³/mol. The Balaban J connectivity index is 1.50. The summed E-state index contributed by atoms with van der Waals surface area (Å²) < 4.78 is 5.78. The van der Waals surface area contributed by atoms with E-state index in [4.69, 9.17) is 4.74 Å². The van der Waals surface area contributed by atoms with E-state index in [9.17, 15) is 9.59 Å². The molecular formula is C23H18N2O3. The summed E-state index contributed by atoms with van der Waals surface area (Å²) in [4.78, 5) is 28.2. The molecule has 138 valence electrons. The van der Waals surface area contributed by atoms with Crippen molar-refractivity contribution < 1.29 is 9.53 Å². The molecule has 0 radical (unpaired) electrons. The molecule has 4 rings (SSSR count). The number of aromatic nitrogens is 1. The zero-order valence-corrected chi connectivity index (χ0v) is 15.0. The van der Waals surface area contributed by atoms with Crippen LogP contribution >= 0.6 is 0 Å². The number of rotatable bonds is 5. The minimum absolute atomic E-state index is 0.0642. The molecule has 0 atom stereocenters. The third-order valence-corrected chi connectivity index (χ3v) is 4.37. The standard InChI is InChI=1S/C23H18N2O3/c26-22-19-11-4-5-12-21(19)24-14-20(22)23(27)25-17-9-6-10-18(13-17)28-15-16-7-2-1-3-8-16/h1-14H,15H2,(H,24,26)(H,25,27). The molecule has 5 heteroatoms. The average Bonchev–Trinajstić information content (AvgIpc) is 2.74. The first-order chi connectivity index (χ1) is 13.7. The normalized spacial score (nSPS) is 10.6. The quantitative estimate of drug-likeness (QED) is 0.548. The van der Waals surface area contributed by atoms with Gasteiger partial charge in [-0.15, -0.1) is 0 Å². The molecule has 0 unspecified atom stereocenters. The van der Waals surface area contributed by atoms with Crippen molar-refractivity contribution in [3.63, 3.8) is 0 Å². The highest BCUT2D eigenvalue weighted by molar-refractivity contribution is 6.05. The summed E-state index contributed by atoms with van der Waals surface area (Å²) in [5, 5.41) is 3.24. The van der Waals surface area contributed by atoms with Gasteiger partial charge in [0.15, 0.2) is 0 Å². The third-order valence-electron chi connectivity index (χ3n) is 4.37. The topological polar surface area (TPSA) is 71.2 Å². The molecule has 5 nitrogen and oxygen atoms in total. The molecule has 0 saturated carbocycles. The fourth-order valence-electron chi connectivity index (χ4n) is 2.94. The molecule has 1 aromatic heterocycles. The van der Waals surface area contributed by atoms with Gasteiger partial charge in [-0.05, 0) is 29.8 Å². The lowest BCUT2D eigenvalue weighted by molar-refractivity contribution is 0.102. The number of H-pyrrole nitrogens is 1. The molecule has 0 bridgehead atoms. The summed E-state index contributed by atoms with van der Waals surface area (Å²) in [5.41, 5.74) is 2.07. The molecule has 2 N–H and O–H groups in total. The molecule has 0 fully saturated rings. The Morgan fingerprint density at radius 2 is 1.71 bits per heavy atom. The van der Waals surface area contributed by atoms with Gasteiger partial charge in [-0.1, -0.05) is 48.5 Å². The van der Waals surface area contributed by atoms with E-state index in [0.29, 0.717) is 28.9 Å². The number of carbonyl (C=O) groups excluding carboxylic acids is 1. The lowest BCUT2D eigenvalue weighted by Gasteiger charge is -2.09. The van der Waals surface area contributed by atoms with Crippen LogP contribution in [0.4, 0.5) is 5.69 Å². The molecule has 0 aliphatic heterocycles. The summed E-state index contributed by atoms with van der Waals surface area (Å²) in [6, 6.07) is 24.0. The maximum atomic E-state index is 12.6. The van der Waals surface area contributed by atoms with Crippen LogP contribution in [-0.4, -0.2) is 10.9 Å². The molecule has 0 saturated heterocycles.